The highest BCUT2D eigenvalue weighted by Gasteiger charge is 2.67. The lowest BCUT2D eigenvalue weighted by Crippen LogP contribution is -2.54. The summed E-state index contributed by atoms with van der Waals surface area (Å²) < 4.78 is 24.8. The molecule has 0 aromatic heterocycles. The molecule has 3 aromatic rings. The molecule has 0 radical (unpaired) electrons. The number of fused-ring (bicyclic) bond motifs is 2. The Hall–Kier alpha value is -3.98. The summed E-state index contributed by atoms with van der Waals surface area (Å²) >= 11 is 0. The quantitative estimate of drug-likeness (QED) is 0.411. The van der Waals surface area contributed by atoms with Gasteiger partial charge in [-0.2, -0.15) is 0 Å². The molecule has 0 bridgehead atoms. The van der Waals surface area contributed by atoms with E-state index in [1.54, 1.807) is 54.6 Å². The molecule has 2 N–H and O–H groups in total. The van der Waals surface area contributed by atoms with E-state index in [9.17, 15) is 19.3 Å². The van der Waals surface area contributed by atoms with Crippen LogP contribution in [0.3, 0.4) is 0 Å². The molecule has 4 atom stereocenters. The molecule has 35 heavy (non-hydrogen) atoms. The summed E-state index contributed by atoms with van der Waals surface area (Å²) in [6.07, 6.45) is 0. The molecule has 9 heteroatoms. The van der Waals surface area contributed by atoms with Crippen molar-refractivity contribution in [3.05, 3.63) is 99.4 Å². The van der Waals surface area contributed by atoms with Gasteiger partial charge in [-0.15, -0.1) is 0 Å². The van der Waals surface area contributed by atoms with Gasteiger partial charge in [-0.1, -0.05) is 36.4 Å². The number of halogens is 1. The van der Waals surface area contributed by atoms with Gasteiger partial charge in [0.2, 0.25) is 0 Å². The van der Waals surface area contributed by atoms with Crippen LogP contribution in [0.4, 0.5) is 10.1 Å². The predicted molar refractivity (Wildman–Crippen MR) is 127 cm³/mol. The number of nitrogens with one attached hydrogen (secondary N) is 2. The van der Waals surface area contributed by atoms with Crippen LogP contribution < -0.4 is 20.1 Å². The van der Waals surface area contributed by atoms with E-state index in [0.29, 0.717) is 33.9 Å². The Bertz CT molecular complexity index is 1320. The topological polar surface area (TPSA) is 103 Å². The minimum absolute atomic E-state index is 0.131. The molecule has 1 fully saturated rings. The van der Waals surface area contributed by atoms with Crippen LogP contribution in [0.15, 0.2) is 66.7 Å². The van der Waals surface area contributed by atoms with Crippen LogP contribution in [0.25, 0.3) is 0 Å². The highest BCUT2D eigenvalue weighted by Crippen LogP contribution is 2.50. The van der Waals surface area contributed by atoms with Gasteiger partial charge in [0, 0.05) is 22.2 Å². The maximum atomic E-state index is 13.5. The molecule has 2 aliphatic heterocycles. The third-order valence-corrected chi connectivity index (χ3v) is 6.82. The predicted octanol–water partition coefficient (Wildman–Crippen LogP) is 3.98. The molecule has 0 saturated carbocycles. The molecular weight excluding hydrogens is 453 g/mol. The summed E-state index contributed by atoms with van der Waals surface area (Å²) in [5.74, 6) is -0.584. The van der Waals surface area contributed by atoms with E-state index in [0.717, 1.165) is 0 Å². The SMILES string of the molecule is COc1cc([C@@H]2[C@H](C)N[C@@]3(C(=O)Nc4ccccc43)[C@@H]2[N+](=O)[O-])ccc1OCc1cccc(F)c1. The fourth-order valence-electron chi connectivity index (χ4n) is 5.35. The zero-order chi connectivity index (χ0) is 24.7. The first kappa shape index (κ1) is 22.8. The molecule has 2 aliphatic rings. The molecule has 0 unspecified atom stereocenters. The number of methoxy groups -OCH3 is 1. The number of para-hydroxylation sites is 1. The zero-order valence-corrected chi connectivity index (χ0v) is 19.2. The summed E-state index contributed by atoms with van der Waals surface area (Å²) in [6.45, 7) is 1.97. The Kier molecular flexibility index (Phi) is 5.64. The largest absolute Gasteiger partial charge is 0.493 e. The smallest absolute Gasteiger partial charge is 0.256 e. The molecule has 1 saturated heterocycles. The van der Waals surface area contributed by atoms with E-state index in [1.165, 1.54) is 19.2 Å². The zero-order valence-electron chi connectivity index (χ0n) is 19.2. The van der Waals surface area contributed by atoms with E-state index in [1.807, 2.05) is 6.92 Å². The van der Waals surface area contributed by atoms with Crippen LogP contribution in [-0.4, -0.2) is 30.0 Å². The van der Waals surface area contributed by atoms with Crippen LogP contribution in [0.2, 0.25) is 0 Å². The van der Waals surface area contributed by atoms with Gasteiger partial charge in [0.1, 0.15) is 12.4 Å². The minimum atomic E-state index is -1.48. The molecule has 1 spiro atoms. The number of nitrogens with zero attached hydrogens (tertiary/aromatic N) is 1. The van der Waals surface area contributed by atoms with Crippen molar-refractivity contribution in [2.45, 2.75) is 37.1 Å². The van der Waals surface area contributed by atoms with Gasteiger partial charge in [-0.3, -0.25) is 20.2 Å². The molecule has 2 heterocycles. The minimum Gasteiger partial charge on any atom is -0.493 e. The second-order valence-corrected chi connectivity index (χ2v) is 8.83. The number of benzene rings is 3. The molecule has 180 valence electrons. The van der Waals surface area contributed by atoms with Crippen molar-refractivity contribution in [1.29, 1.82) is 0 Å². The van der Waals surface area contributed by atoms with Crippen LogP contribution in [0.1, 0.15) is 29.5 Å². The number of nitro groups is 1. The monoisotopic (exact) mass is 477 g/mol. The highest BCUT2D eigenvalue weighted by atomic mass is 19.1. The van der Waals surface area contributed by atoms with Crippen LogP contribution in [0, 0.1) is 15.9 Å². The fourth-order valence-corrected chi connectivity index (χ4v) is 5.35. The Morgan fingerprint density at radius 1 is 1.09 bits per heavy atom. The number of rotatable bonds is 6. The summed E-state index contributed by atoms with van der Waals surface area (Å²) in [6, 6.07) is 16.7. The van der Waals surface area contributed by atoms with Crippen LogP contribution in [0.5, 0.6) is 11.5 Å². The number of ether oxygens (including phenoxy) is 2. The Morgan fingerprint density at radius 3 is 2.63 bits per heavy atom. The molecule has 3 aromatic carbocycles. The first-order valence-electron chi connectivity index (χ1n) is 11.2. The van der Waals surface area contributed by atoms with E-state index in [4.69, 9.17) is 9.47 Å². The lowest BCUT2D eigenvalue weighted by atomic mass is 9.78. The average molecular weight is 477 g/mol. The number of anilines is 1. The first-order chi connectivity index (χ1) is 16.8. The Balaban J connectivity index is 1.49. The average Bonchev–Trinajstić information content (AvgIpc) is 3.31. The van der Waals surface area contributed by atoms with E-state index >= 15 is 0 Å². The van der Waals surface area contributed by atoms with Crippen LogP contribution in [-0.2, 0) is 16.9 Å². The van der Waals surface area contributed by atoms with Gasteiger partial charge >= 0.3 is 0 Å². The molecule has 1 amide bonds. The summed E-state index contributed by atoms with van der Waals surface area (Å²) in [5.41, 5.74) is 0.970. The van der Waals surface area contributed by atoms with Gasteiger partial charge in [-0.25, -0.2) is 4.39 Å². The van der Waals surface area contributed by atoms with Gasteiger partial charge in [0.25, 0.3) is 11.9 Å². The maximum Gasteiger partial charge on any atom is 0.256 e. The Labute approximate surface area is 201 Å². The van der Waals surface area contributed by atoms with Crippen molar-refractivity contribution >= 4 is 11.6 Å². The van der Waals surface area contributed by atoms with Gasteiger partial charge in [-0.05, 0) is 48.4 Å². The second-order valence-electron chi connectivity index (χ2n) is 8.83. The van der Waals surface area contributed by atoms with Gasteiger partial charge in [0.05, 0.1) is 13.0 Å². The highest BCUT2D eigenvalue weighted by molar-refractivity contribution is 6.07. The van der Waals surface area contributed by atoms with Crippen molar-refractivity contribution in [2.75, 3.05) is 12.4 Å². The Morgan fingerprint density at radius 2 is 1.89 bits per heavy atom. The van der Waals surface area contributed by atoms with Gasteiger partial charge in [0.15, 0.2) is 17.0 Å². The fraction of sp³-hybridized carbons (Fsp3) is 0.269. The van der Waals surface area contributed by atoms with Crippen LogP contribution >= 0.6 is 0 Å². The van der Waals surface area contributed by atoms with E-state index < -0.39 is 23.4 Å². The number of carbonyl (C=O) groups is 1. The second kappa shape index (κ2) is 8.66. The standard InChI is InChI=1S/C26H24FN3O5/c1-15-23(24(30(32)33)26(29-15)19-8-3-4-9-20(19)28-25(26)31)17-10-11-21(22(13-17)34-2)35-14-16-6-5-7-18(27)12-16/h3-13,15,23-24,29H,14H2,1-2H3,(H,28,31)/t15-,23-,24+,26+/m0/s1. The maximum absolute atomic E-state index is 13.5. The molecule has 0 aliphatic carbocycles. The number of amides is 1. The number of hydrogen-bond donors (Lipinski definition) is 2. The molecular formula is C26H24FN3O5. The summed E-state index contributed by atoms with van der Waals surface area (Å²) in [5, 5.41) is 18.5. The summed E-state index contributed by atoms with van der Waals surface area (Å²) in [4.78, 5) is 25.2. The van der Waals surface area contributed by atoms with Gasteiger partial charge < -0.3 is 14.8 Å². The van der Waals surface area contributed by atoms with Crippen molar-refractivity contribution < 1.29 is 23.6 Å². The van der Waals surface area contributed by atoms with Crippen molar-refractivity contribution in [3.63, 3.8) is 0 Å². The van der Waals surface area contributed by atoms with Crippen molar-refractivity contribution in [2.24, 2.45) is 0 Å². The van der Waals surface area contributed by atoms with E-state index in [-0.39, 0.29) is 23.4 Å². The third kappa shape index (κ3) is 3.68. The van der Waals surface area contributed by atoms with Crippen molar-refractivity contribution in [3.8, 4) is 11.5 Å². The molecule has 5 rings (SSSR count). The third-order valence-electron chi connectivity index (χ3n) is 6.82. The number of hydrogen-bond acceptors (Lipinski definition) is 6. The number of carbonyl (C=O) groups excluding carboxylic acids is 1. The van der Waals surface area contributed by atoms with E-state index in [2.05, 4.69) is 10.6 Å². The van der Waals surface area contributed by atoms with Crippen molar-refractivity contribution in [1.82, 2.24) is 5.32 Å². The lowest BCUT2D eigenvalue weighted by molar-refractivity contribution is -0.532. The first-order valence-corrected chi connectivity index (χ1v) is 11.2. The normalized spacial score (nSPS) is 24.8. The summed E-state index contributed by atoms with van der Waals surface area (Å²) in [7, 11) is 1.48. The lowest BCUT2D eigenvalue weighted by Gasteiger charge is -2.25. The molecule has 8 nitrogen and oxygen atoms in total.